The van der Waals surface area contributed by atoms with Crippen LogP contribution in [0, 0.1) is 11.8 Å². The number of alkyl carbamates (subject to hydrolysis) is 1. The number of amides is 6. The molecule has 4 atom stereocenters. The van der Waals surface area contributed by atoms with Crippen LogP contribution >= 0.6 is 0 Å². The van der Waals surface area contributed by atoms with Crippen LogP contribution < -0.4 is 21.3 Å². The number of hydrogen-bond acceptors (Lipinski definition) is 11. The molecule has 43 heavy (non-hydrogen) atoms. The summed E-state index contributed by atoms with van der Waals surface area (Å²) in [5.41, 5.74) is 0. The standard InChI is InChI=1S/C25H41N5O12S/c1-6-15(4)13-41-25(37)27-12-11-26-22(34)16(5)28-23(35)21(14(2)3)29-18(31)8-7-17(43(38,39)40)24(36)42-30-19(32)9-10-20(30)33/h14-17,21H,6-13H2,1-5H3,(H,26,34)(H,27,37)(H,28,35)(H,29,31)(H,38,39,40)/t15?,16-,17?,21?/m0/s1. The molecule has 0 bridgehead atoms. The van der Waals surface area contributed by atoms with Crippen molar-refractivity contribution in [2.24, 2.45) is 11.8 Å². The van der Waals surface area contributed by atoms with Crippen molar-refractivity contribution in [3.63, 3.8) is 0 Å². The molecule has 0 aromatic heterocycles. The van der Waals surface area contributed by atoms with E-state index in [1.807, 2.05) is 13.8 Å². The molecule has 3 unspecified atom stereocenters. The quantitative estimate of drug-likeness (QED) is 0.0747. The number of imide groups is 1. The van der Waals surface area contributed by atoms with Crippen LogP contribution in [0.2, 0.25) is 0 Å². The van der Waals surface area contributed by atoms with Crippen LogP contribution in [0.25, 0.3) is 0 Å². The summed E-state index contributed by atoms with van der Waals surface area (Å²) < 4.78 is 38.0. The molecule has 0 saturated carbocycles. The van der Waals surface area contributed by atoms with E-state index in [4.69, 9.17) is 4.74 Å². The van der Waals surface area contributed by atoms with E-state index in [9.17, 15) is 46.5 Å². The number of nitrogens with zero attached hydrogens (tertiary/aromatic N) is 1. The fourth-order valence-electron chi connectivity index (χ4n) is 3.50. The largest absolute Gasteiger partial charge is 0.449 e. The normalized spacial score (nSPS) is 16.1. The van der Waals surface area contributed by atoms with E-state index >= 15 is 0 Å². The summed E-state index contributed by atoms with van der Waals surface area (Å²) in [6.45, 7) is 8.91. The van der Waals surface area contributed by atoms with Crippen LogP contribution in [-0.2, 0) is 48.5 Å². The lowest BCUT2D eigenvalue weighted by Gasteiger charge is -2.24. The molecule has 0 aliphatic carbocycles. The number of hydroxylamine groups is 2. The highest BCUT2D eigenvalue weighted by Crippen LogP contribution is 2.16. The van der Waals surface area contributed by atoms with Gasteiger partial charge in [-0.05, 0) is 25.2 Å². The summed E-state index contributed by atoms with van der Waals surface area (Å²) in [5, 5.41) is 7.69. The zero-order chi connectivity index (χ0) is 32.9. The second-order valence-corrected chi connectivity index (χ2v) is 12.0. The number of ether oxygens (including phenoxy) is 1. The molecule has 18 heteroatoms. The van der Waals surface area contributed by atoms with Gasteiger partial charge in [0.2, 0.25) is 17.7 Å². The first kappa shape index (κ1) is 37.2. The topological polar surface area (TPSA) is 244 Å². The summed E-state index contributed by atoms with van der Waals surface area (Å²) >= 11 is 0. The average molecular weight is 636 g/mol. The third-order valence-electron chi connectivity index (χ3n) is 6.35. The van der Waals surface area contributed by atoms with Gasteiger partial charge in [-0.2, -0.15) is 8.42 Å². The van der Waals surface area contributed by atoms with E-state index in [2.05, 4.69) is 26.1 Å². The zero-order valence-corrected chi connectivity index (χ0v) is 25.7. The molecule has 1 rings (SSSR count). The molecule has 1 aliphatic heterocycles. The Morgan fingerprint density at radius 3 is 2.05 bits per heavy atom. The van der Waals surface area contributed by atoms with Gasteiger partial charge in [-0.25, -0.2) is 9.59 Å². The van der Waals surface area contributed by atoms with Gasteiger partial charge >= 0.3 is 12.1 Å². The Hall–Kier alpha value is -3.80. The van der Waals surface area contributed by atoms with Crippen molar-refractivity contribution in [3.8, 4) is 0 Å². The number of nitrogens with one attached hydrogen (secondary N) is 4. The predicted octanol–water partition coefficient (Wildman–Crippen LogP) is -0.836. The monoisotopic (exact) mass is 635 g/mol. The van der Waals surface area contributed by atoms with Gasteiger partial charge in [0.1, 0.15) is 12.1 Å². The molecular weight excluding hydrogens is 594 g/mol. The summed E-state index contributed by atoms with van der Waals surface area (Å²) in [4.78, 5) is 89.5. The Kier molecular flexibility index (Phi) is 15.0. The van der Waals surface area contributed by atoms with Gasteiger partial charge < -0.3 is 30.8 Å². The van der Waals surface area contributed by atoms with Crippen LogP contribution in [0.1, 0.15) is 66.7 Å². The SMILES string of the molecule is CCC(C)COC(=O)NCCNC(=O)[C@H](C)NC(=O)C(NC(=O)CCC(C(=O)ON1C(=O)CCC1=O)S(=O)(=O)O)C(C)C. The number of hydrogen-bond donors (Lipinski definition) is 5. The van der Waals surface area contributed by atoms with E-state index in [1.165, 1.54) is 6.92 Å². The van der Waals surface area contributed by atoms with Gasteiger partial charge in [-0.3, -0.25) is 28.5 Å². The molecule has 1 saturated heterocycles. The number of rotatable bonds is 17. The fraction of sp³-hybridized carbons (Fsp3) is 0.720. The number of carbonyl (C=O) groups excluding carboxylic acids is 7. The van der Waals surface area contributed by atoms with Crippen molar-refractivity contribution in [1.82, 2.24) is 26.3 Å². The summed E-state index contributed by atoms with van der Waals surface area (Å²) in [7, 11) is -5.10. The Morgan fingerprint density at radius 2 is 1.51 bits per heavy atom. The first-order chi connectivity index (χ1) is 20.0. The molecule has 0 radical (unpaired) electrons. The van der Waals surface area contributed by atoms with Crippen molar-refractivity contribution in [3.05, 3.63) is 0 Å². The van der Waals surface area contributed by atoms with Gasteiger partial charge in [0.25, 0.3) is 21.9 Å². The van der Waals surface area contributed by atoms with Gasteiger partial charge in [-0.1, -0.05) is 34.1 Å². The minimum Gasteiger partial charge on any atom is -0.449 e. The molecule has 17 nitrogen and oxygen atoms in total. The van der Waals surface area contributed by atoms with Gasteiger partial charge in [0.05, 0.1) is 6.61 Å². The lowest BCUT2D eigenvalue weighted by molar-refractivity contribution is -0.197. The number of carbonyl (C=O) groups is 7. The van der Waals surface area contributed by atoms with Crippen molar-refractivity contribution < 1.29 is 56.1 Å². The summed E-state index contributed by atoms with van der Waals surface area (Å²) in [6, 6.07) is -2.20. The highest BCUT2D eigenvalue weighted by atomic mass is 32.2. The maximum absolute atomic E-state index is 12.8. The van der Waals surface area contributed by atoms with Crippen LogP contribution in [0.15, 0.2) is 0 Å². The molecule has 1 aliphatic rings. The highest BCUT2D eigenvalue weighted by molar-refractivity contribution is 7.87. The van der Waals surface area contributed by atoms with E-state index in [-0.39, 0.29) is 43.5 Å². The molecule has 1 heterocycles. The first-order valence-corrected chi connectivity index (χ1v) is 15.3. The molecule has 244 valence electrons. The van der Waals surface area contributed by atoms with Crippen LogP contribution in [0.4, 0.5) is 4.79 Å². The lowest BCUT2D eigenvalue weighted by atomic mass is 10.0. The minimum atomic E-state index is -5.10. The Morgan fingerprint density at radius 1 is 0.930 bits per heavy atom. The van der Waals surface area contributed by atoms with Crippen molar-refractivity contribution in [1.29, 1.82) is 0 Å². The van der Waals surface area contributed by atoms with Gasteiger partial charge in [0, 0.05) is 32.4 Å². The minimum absolute atomic E-state index is 0.0548. The van der Waals surface area contributed by atoms with E-state index in [0.717, 1.165) is 6.42 Å². The predicted molar refractivity (Wildman–Crippen MR) is 148 cm³/mol. The molecule has 5 N–H and O–H groups in total. The van der Waals surface area contributed by atoms with Crippen molar-refractivity contribution >= 4 is 51.7 Å². The van der Waals surface area contributed by atoms with Crippen molar-refractivity contribution in [2.75, 3.05) is 19.7 Å². The molecule has 6 amide bonds. The average Bonchev–Trinajstić information content (AvgIpc) is 3.23. The first-order valence-electron chi connectivity index (χ1n) is 13.8. The Balaban J connectivity index is 2.61. The van der Waals surface area contributed by atoms with E-state index in [1.54, 1.807) is 13.8 Å². The Labute approximate surface area is 249 Å². The molecule has 1 fully saturated rings. The molecule has 0 aromatic rings. The molecule has 0 aromatic carbocycles. The molecular formula is C25H41N5O12S. The van der Waals surface area contributed by atoms with Crippen LogP contribution in [0.3, 0.4) is 0 Å². The third-order valence-corrected chi connectivity index (χ3v) is 7.50. The summed E-state index contributed by atoms with van der Waals surface area (Å²) in [6.07, 6.45) is -1.70. The van der Waals surface area contributed by atoms with Gasteiger partial charge in [-0.15, -0.1) is 5.06 Å². The van der Waals surface area contributed by atoms with E-state index < -0.39 is 87.8 Å². The van der Waals surface area contributed by atoms with Crippen molar-refractivity contribution in [2.45, 2.75) is 84.1 Å². The Bertz CT molecular complexity index is 1140. The fourth-order valence-corrected chi connectivity index (χ4v) is 4.20. The lowest BCUT2D eigenvalue weighted by Crippen LogP contribution is -2.55. The highest BCUT2D eigenvalue weighted by Gasteiger charge is 2.39. The van der Waals surface area contributed by atoms with Crippen LogP contribution in [0.5, 0.6) is 0 Å². The smallest absolute Gasteiger partial charge is 0.407 e. The van der Waals surface area contributed by atoms with E-state index in [0.29, 0.717) is 0 Å². The maximum Gasteiger partial charge on any atom is 0.407 e. The van der Waals surface area contributed by atoms with Gasteiger partial charge in [0.15, 0.2) is 5.25 Å². The maximum atomic E-state index is 12.8. The molecule has 0 spiro atoms. The second-order valence-electron chi connectivity index (χ2n) is 10.4. The van der Waals surface area contributed by atoms with Crippen LogP contribution in [-0.4, -0.2) is 96.7 Å². The zero-order valence-electron chi connectivity index (χ0n) is 24.8. The second kappa shape index (κ2) is 17.3. The third kappa shape index (κ3) is 12.9. The summed E-state index contributed by atoms with van der Waals surface area (Å²) in [5.74, 6) is -5.80.